The van der Waals surface area contributed by atoms with Crippen LogP contribution in [0.25, 0.3) is 0 Å². The van der Waals surface area contributed by atoms with Crippen LogP contribution in [0.4, 0.5) is 0 Å². The van der Waals surface area contributed by atoms with Gasteiger partial charge in [-0.3, -0.25) is 19.3 Å². The van der Waals surface area contributed by atoms with E-state index in [0.29, 0.717) is 43.9 Å². The largest absolute Gasteiger partial charge is 0.464 e. The first kappa shape index (κ1) is 27.3. The van der Waals surface area contributed by atoms with E-state index in [0.717, 1.165) is 51.7 Å². The molecule has 4 saturated carbocycles. The highest BCUT2D eigenvalue weighted by atomic mass is 16.5. The van der Waals surface area contributed by atoms with Gasteiger partial charge >= 0.3 is 5.97 Å². The Labute approximate surface area is 223 Å². The van der Waals surface area contributed by atoms with Crippen LogP contribution in [0.15, 0.2) is 0 Å². The number of hydrogen-bond donors (Lipinski definition) is 1. The summed E-state index contributed by atoms with van der Waals surface area (Å²) in [4.78, 5) is 42.4. The van der Waals surface area contributed by atoms with E-state index in [9.17, 15) is 19.5 Å². The van der Waals surface area contributed by atoms with Gasteiger partial charge in [-0.2, -0.15) is 0 Å². The molecule has 5 aliphatic rings. The van der Waals surface area contributed by atoms with Gasteiger partial charge in [-0.15, -0.1) is 0 Å². The summed E-state index contributed by atoms with van der Waals surface area (Å²) >= 11 is 0. The normalized spacial score (nSPS) is 43.0. The highest BCUT2D eigenvalue weighted by Crippen LogP contribution is 2.66. The van der Waals surface area contributed by atoms with Gasteiger partial charge in [0, 0.05) is 37.1 Å². The van der Waals surface area contributed by atoms with Crippen LogP contribution in [0.3, 0.4) is 0 Å². The zero-order chi connectivity index (χ0) is 26.4. The summed E-state index contributed by atoms with van der Waals surface area (Å²) in [5, 5.41) is 10.3. The van der Waals surface area contributed by atoms with Crippen LogP contribution in [0.1, 0.15) is 97.8 Å². The lowest BCUT2D eigenvalue weighted by molar-refractivity contribution is -0.168. The average Bonchev–Trinajstić information content (AvgIpc) is 3.23. The van der Waals surface area contributed by atoms with E-state index < -0.39 is 5.41 Å². The van der Waals surface area contributed by atoms with Gasteiger partial charge in [-0.25, -0.2) is 0 Å². The second-order valence-electron chi connectivity index (χ2n) is 13.8. The fraction of sp³-hybridized carbons (Fsp3) is 0.903. The molecule has 1 heterocycles. The van der Waals surface area contributed by atoms with Gasteiger partial charge in [0.25, 0.3) is 0 Å². The van der Waals surface area contributed by atoms with E-state index in [2.05, 4.69) is 25.7 Å². The topological polar surface area (TPSA) is 83.9 Å². The molecule has 0 radical (unpaired) electrons. The predicted molar refractivity (Wildman–Crippen MR) is 142 cm³/mol. The van der Waals surface area contributed by atoms with E-state index in [1.165, 1.54) is 19.3 Å². The zero-order valence-corrected chi connectivity index (χ0v) is 23.4. The molecule has 9 atom stereocenters. The van der Waals surface area contributed by atoms with E-state index in [-0.39, 0.29) is 53.0 Å². The van der Waals surface area contributed by atoms with Crippen molar-refractivity contribution in [3.63, 3.8) is 0 Å². The van der Waals surface area contributed by atoms with Crippen LogP contribution in [-0.2, 0) is 19.1 Å². The number of carbonyl (C=O) groups excluding carboxylic acids is 3. The Balaban J connectivity index is 1.20. The Morgan fingerprint density at radius 1 is 1.08 bits per heavy atom. The molecule has 1 N–H and O–H groups in total. The molecule has 5 rings (SSSR count). The third-order valence-corrected chi connectivity index (χ3v) is 12.0. The fourth-order valence-electron chi connectivity index (χ4n) is 9.67. The quantitative estimate of drug-likeness (QED) is 0.490. The van der Waals surface area contributed by atoms with Crippen LogP contribution in [0.2, 0.25) is 0 Å². The lowest BCUT2D eigenvalue weighted by Gasteiger charge is -2.59. The van der Waals surface area contributed by atoms with Crippen molar-refractivity contribution >= 4 is 17.5 Å². The maximum absolute atomic E-state index is 13.9. The Morgan fingerprint density at radius 2 is 1.84 bits per heavy atom. The average molecular weight is 516 g/mol. The summed E-state index contributed by atoms with van der Waals surface area (Å²) in [6.07, 6.45) is 10.0. The molecule has 6 heteroatoms. The van der Waals surface area contributed by atoms with Crippen molar-refractivity contribution in [2.24, 2.45) is 46.3 Å². The lowest BCUT2D eigenvalue weighted by atomic mass is 9.43. The Hall–Kier alpha value is -1.27. The number of Topliss-reactive ketones (excluding diaryl/α,β-unsaturated/α-hetero) is 2. The maximum Gasteiger partial charge on any atom is 0.305 e. The van der Waals surface area contributed by atoms with Gasteiger partial charge in [-0.1, -0.05) is 27.2 Å². The van der Waals surface area contributed by atoms with Crippen molar-refractivity contribution in [2.75, 3.05) is 26.2 Å². The lowest BCUT2D eigenvalue weighted by Crippen LogP contribution is -2.60. The zero-order valence-electron chi connectivity index (χ0n) is 23.4. The number of likely N-dealkylation sites (tertiary alicyclic amines) is 1. The van der Waals surface area contributed by atoms with Gasteiger partial charge in [0.05, 0.1) is 6.10 Å². The molecular weight excluding hydrogens is 466 g/mol. The minimum atomic E-state index is -0.466. The van der Waals surface area contributed by atoms with Crippen LogP contribution < -0.4 is 0 Å². The third kappa shape index (κ3) is 4.95. The van der Waals surface area contributed by atoms with Crippen LogP contribution in [0.5, 0.6) is 0 Å². The molecule has 1 saturated heterocycles. The number of hydrogen-bond acceptors (Lipinski definition) is 6. The number of fused-ring (bicyclic) bond motifs is 5. The predicted octanol–water partition coefficient (Wildman–Crippen LogP) is 4.81. The van der Waals surface area contributed by atoms with Gasteiger partial charge in [-0.05, 0) is 99.5 Å². The highest BCUT2D eigenvalue weighted by molar-refractivity contribution is 5.92. The first-order chi connectivity index (χ1) is 17.6. The molecule has 0 bridgehead atoms. The minimum absolute atomic E-state index is 0.0174. The third-order valence-electron chi connectivity index (χ3n) is 12.0. The van der Waals surface area contributed by atoms with Crippen molar-refractivity contribution in [1.29, 1.82) is 0 Å². The number of aliphatic hydroxyl groups is 1. The van der Waals surface area contributed by atoms with Gasteiger partial charge < -0.3 is 9.84 Å². The fourth-order valence-corrected chi connectivity index (χ4v) is 9.67. The van der Waals surface area contributed by atoms with Gasteiger partial charge in [0.2, 0.25) is 0 Å². The molecule has 6 nitrogen and oxygen atoms in total. The SMILES string of the molecule is CC(CCC(=O)OCCN1CCCCC1)[C@H]1CC[C@H]2[C@@H]3C(=O)C[C@@H]4CC(O)CC[C@]4(C)[C@H]3CC(=O)[C@]12C. The summed E-state index contributed by atoms with van der Waals surface area (Å²) in [5.41, 5.74) is -0.484. The molecule has 5 fully saturated rings. The smallest absolute Gasteiger partial charge is 0.305 e. The maximum atomic E-state index is 13.9. The molecule has 1 aliphatic heterocycles. The van der Waals surface area contributed by atoms with Crippen molar-refractivity contribution in [2.45, 2.75) is 104 Å². The van der Waals surface area contributed by atoms with Crippen molar-refractivity contribution in [3.8, 4) is 0 Å². The Bertz CT molecular complexity index is 883. The standard InChI is InChI=1S/C31H49NO5/c1-20(7-10-28(36)37-16-15-32-13-5-4-6-14-32)23-8-9-24-29-25(19-27(35)31(23,24)3)30(2)12-11-22(33)17-21(30)18-26(29)34/h20-25,29,33H,4-19H2,1-3H3/t20?,21-,22?,23+,24-,25-,29-,30-,31+/m0/s1. The summed E-state index contributed by atoms with van der Waals surface area (Å²) in [6.45, 7) is 10.2. The molecule has 0 spiro atoms. The van der Waals surface area contributed by atoms with E-state index in [1.807, 2.05) is 0 Å². The number of rotatable bonds is 7. The first-order valence-corrected chi connectivity index (χ1v) is 15.3. The van der Waals surface area contributed by atoms with Crippen molar-refractivity contribution in [3.05, 3.63) is 0 Å². The van der Waals surface area contributed by atoms with E-state index in [4.69, 9.17) is 4.74 Å². The molecule has 2 unspecified atom stereocenters. The molecule has 0 amide bonds. The number of carbonyl (C=O) groups is 3. The Kier molecular flexibility index (Phi) is 7.91. The summed E-state index contributed by atoms with van der Waals surface area (Å²) < 4.78 is 5.55. The molecule has 0 aromatic carbocycles. The van der Waals surface area contributed by atoms with Crippen LogP contribution in [0, 0.1) is 46.3 Å². The molecule has 0 aromatic rings. The summed E-state index contributed by atoms with van der Waals surface area (Å²) in [5.74, 6) is 1.47. The summed E-state index contributed by atoms with van der Waals surface area (Å²) in [6, 6.07) is 0. The van der Waals surface area contributed by atoms with Crippen molar-refractivity contribution < 1.29 is 24.2 Å². The molecule has 208 valence electrons. The number of esters is 1. The molecule has 4 aliphatic carbocycles. The highest BCUT2D eigenvalue weighted by Gasteiger charge is 2.66. The van der Waals surface area contributed by atoms with Crippen molar-refractivity contribution in [1.82, 2.24) is 4.90 Å². The monoisotopic (exact) mass is 515 g/mol. The number of nitrogens with zero attached hydrogens (tertiary/aromatic N) is 1. The second-order valence-corrected chi connectivity index (χ2v) is 13.8. The molecule has 0 aromatic heterocycles. The molecular formula is C31H49NO5. The molecule has 37 heavy (non-hydrogen) atoms. The van der Waals surface area contributed by atoms with Crippen LogP contribution >= 0.6 is 0 Å². The number of ketones is 2. The van der Waals surface area contributed by atoms with Gasteiger partial charge in [0.15, 0.2) is 0 Å². The number of ether oxygens (including phenoxy) is 1. The number of aliphatic hydroxyl groups excluding tert-OH is 1. The van der Waals surface area contributed by atoms with E-state index in [1.54, 1.807) is 0 Å². The second kappa shape index (κ2) is 10.7. The van der Waals surface area contributed by atoms with Gasteiger partial charge in [0.1, 0.15) is 18.2 Å². The Morgan fingerprint density at radius 3 is 2.59 bits per heavy atom. The van der Waals surface area contributed by atoms with Crippen LogP contribution in [-0.4, -0.2) is 59.9 Å². The minimum Gasteiger partial charge on any atom is -0.464 e. The first-order valence-electron chi connectivity index (χ1n) is 15.3. The summed E-state index contributed by atoms with van der Waals surface area (Å²) in [7, 11) is 0. The van der Waals surface area contributed by atoms with E-state index >= 15 is 0 Å². The number of piperidine rings is 1.